The molecule has 0 aromatic carbocycles. The van der Waals surface area contributed by atoms with Crippen LogP contribution in [0.2, 0.25) is 0 Å². The second-order valence-electron chi connectivity index (χ2n) is 18.1. The third kappa shape index (κ3) is 35.4. The number of phosphoric ester groups is 3. The maximum absolute atomic E-state index is 13.1. The molecule has 0 aromatic heterocycles. The average Bonchev–Trinajstić information content (AvgIpc) is 3.28. The minimum Gasteiger partial charge on any atom is -0.462 e. The SMILES string of the molecule is CCCCCC=CCC=CCCCCCCCCCC(=O)OC[C@H](COP(=O)(O)O[C@H]1C(O)C(O)C(OP(=O)(O)O)[C@@H](OP(=O)(O)O)C1O)OC(=O)CCCCCCCCCCCCCCCCC. The fourth-order valence-corrected chi connectivity index (χ4v) is 10.0. The lowest BCUT2D eigenvalue weighted by atomic mass is 9.85. The summed E-state index contributed by atoms with van der Waals surface area (Å²) in [4.78, 5) is 73.3. The van der Waals surface area contributed by atoms with E-state index in [-0.39, 0.29) is 12.8 Å². The molecule has 1 aliphatic rings. The Hall–Kier alpha value is -1.37. The Morgan fingerprint density at radius 1 is 0.464 bits per heavy atom. The number of esters is 2. The Morgan fingerprint density at radius 2 is 0.841 bits per heavy atom. The molecule has 8 N–H and O–H groups in total. The Morgan fingerprint density at radius 3 is 1.30 bits per heavy atom. The molecule has 0 aromatic rings. The Bertz CT molecular complexity index is 1540. The van der Waals surface area contributed by atoms with Crippen LogP contribution in [-0.4, -0.2) is 108 Å². The van der Waals surface area contributed by atoms with E-state index in [9.17, 15) is 63.1 Å². The van der Waals surface area contributed by atoms with Gasteiger partial charge in [0.1, 0.15) is 43.2 Å². The molecule has 0 spiro atoms. The van der Waals surface area contributed by atoms with Crippen molar-refractivity contribution in [2.24, 2.45) is 0 Å². The molecule has 1 aliphatic carbocycles. The van der Waals surface area contributed by atoms with Gasteiger partial charge in [-0.15, -0.1) is 0 Å². The predicted molar refractivity (Wildman–Crippen MR) is 261 cm³/mol. The van der Waals surface area contributed by atoms with Gasteiger partial charge in [0.05, 0.1) is 6.61 Å². The lowest BCUT2D eigenvalue weighted by molar-refractivity contribution is -0.213. The zero-order chi connectivity index (χ0) is 51.4. The molecular formula is C47H89O19P3. The minimum absolute atomic E-state index is 0.000690. The van der Waals surface area contributed by atoms with Gasteiger partial charge >= 0.3 is 35.4 Å². The summed E-state index contributed by atoms with van der Waals surface area (Å²) in [5, 5.41) is 31.9. The molecule has 1 rings (SSSR count). The number of phosphoric acid groups is 3. The van der Waals surface area contributed by atoms with Crippen molar-refractivity contribution in [3.63, 3.8) is 0 Å². The number of hydrogen-bond donors (Lipinski definition) is 8. The summed E-state index contributed by atoms with van der Waals surface area (Å²) < 4.78 is 65.6. The highest BCUT2D eigenvalue weighted by molar-refractivity contribution is 7.47. The minimum atomic E-state index is -5.60. The van der Waals surface area contributed by atoms with E-state index < -0.39 is 91.3 Å². The van der Waals surface area contributed by atoms with E-state index in [0.29, 0.717) is 12.8 Å². The number of rotatable bonds is 44. The molecule has 0 aliphatic heterocycles. The number of hydrogen-bond acceptors (Lipinski definition) is 14. The van der Waals surface area contributed by atoms with Gasteiger partial charge in [0.15, 0.2) is 6.10 Å². The normalized spacial score (nSPS) is 21.5. The van der Waals surface area contributed by atoms with Crippen LogP contribution in [0.5, 0.6) is 0 Å². The van der Waals surface area contributed by atoms with Crippen molar-refractivity contribution in [3.8, 4) is 0 Å². The van der Waals surface area contributed by atoms with Crippen molar-refractivity contribution in [1.29, 1.82) is 0 Å². The van der Waals surface area contributed by atoms with E-state index in [0.717, 1.165) is 83.5 Å². The molecule has 0 amide bonds. The molecule has 69 heavy (non-hydrogen) atoms. The third-order valence-electron chi connectivity index (χ3n) is 11.8. The molecule has 1 fully saturated rings. The van der Waals surface area contributed by atoms with Crippen LogP contribution in [-0.2, 0) is 50.9 Å². The lowest BCUT2D eigenvalue weighted by Crippen LogP contribution is -2.65. The molecular weight excluding hydrogens is 961 g/mol. The summed E-state index contributed by atoms with van der Waals surface area (Å²) in [7, 11) is -16.6. The van der Waals surface area contributed by atoms with Crippen LogP contribution in [0.1, 0.15) is 206 Å². The van der Waals surface area contributed by atoms with Crippen LogP contribution in [0.3, 0.4) is 0 Å². The second-order valence-corrected chi connectivity index (χ2v) is 21.9. The zero-order valence-corrected chi connectivity index (χ0v) is 44.1. The number of aliphatic hydroxyl groups excluding tert-OH is 3. The van der Waals surface area contributed by atoms with Crippen LogP contribution in [0, 0.1) is 0 Å². The monoisotopic (exact) mass is 1050 g/mol. The van der Waals surface area contributed by atoms with Crippen LogP contribution >= 0.6 is 23.5 Å². The predicted octanol–water partition coefficient (Wildman–Crippen LogP) is 9.85. The first-order valence-electron chi connectivity index (χ1n) is 25.6. The average molecular weight is 1050 g/mol. The molecule has 22 heteroatoms. The van der Waals surface area contributed by atoms with E-state index in [2.05, 4.69) is 47.2 Å². The van der Waals surface area contributed by atoms with E-state index in [1.54, 1.807) is 0 Å². The lowest BCUT2D eigenvalue weighted by Gasteiger charge is -2.44. The maximum Gasteiger partial charge on any atom is 0.472 e. The number of carbonyl (C=O) groups excluding carboxylic acids is 2. The van der Waals surface area contributed by atoms with Gasteiger partial charge in [-0.2, -0.15) is 0 Å². The van der Waals surface area contributed by atoms with E-state index in [1.165, 1.54) is 83.5 Å². The van der Waals surface area contributed by atoms with Crippen molar-refractivity contribution in [3.05, 3.63) is 24.3 Å². The summed E-state index contributed by atoms with van der Waals surface area (Å²) in [6.07, 6.45) is 23.2. The van der Waals surface area contributed by atoms with E-state index in [4.69, 9.17) is 18.5 Å². The fourth-order valence-electron chi connectivity index (χ4n) is 7.91. The molecule has 8 atom stereocenters. The first-order valence-corrected chi connectivity index (χ1v) is 30.2. The van der Waals surface area contributed by atoms with Crippen molar-refractivity contribution < 1.29 is 90.6 Å². The van der Waals surface area contributed by atoms with Crippen LogP contribution in [0.4, 0.5) is 0 Å². The van der Waals surface area contributed by atoms with Crippen molar-refractivity contribution >= 4 is 35.4 Å². The molecule has 0 bridgehead atoms. The van der Waals surface area contributed by atoms with Gasteiger partial charge < -0.3 is 49.3 Å². The Kier molecular flexibility index (Phi) is 37.2. The summed E-state index contributed by atoms with van der Waals surface area (Å²) in [5.41, 5.74) is 0. The standard InChI is InChI=1S/C47H89O19P3/c1-3-5-7-9-11-13-15-17-19-20-22-23-25-27-29-31-33-35-40(48)61-37-39(63-41(49)36-34-32-30-28-26-24-21-18-16-14-12-10-8-6-4-2)38-62-69(59,60)66-45-42(50)43(51)46(64-67(53,54)55)47(44(45)52)65-68(56,57)58/h11,13,17,19,39,42-47,50-52H,3-10,12,14-16,18,20-38H2,1-2H3,(H,59,60)(H2,53,54,55)(H2,56,57,58)/t39-,42?,43?,44?,45+,46?,47+/m1/s1. The van der Waals surface area contributed by atoms with Gasteiger partial charge in [-0.05, 0) is 44.9 Å². The number of ether oxygens (including phenoxy) is 2. The number of carbonyl (C=O) groups is 2. The van der Waals surface area contributed by atoms with Gasteiger partial charge in [-0.3, -0.25) is 27.7 Å². The summed E-state index contributed by atoms with van der Waals surface area (Å²) >= 11 is 0. The van der Waals surface area contributed by atoms with E-state index >= 15 is 0 Å². The largest absolute Gasteiger partial charge is 0.472 e. The summed E-state index contributed by atoms with van der Waals surface area (Å²) in [6, 6.07) is 0. The highest BCUT2D eigenvalue weighted by atomic mass is 31.2. The topological polar surface area (TPSA) is 303 Å². The maximum atomic E-state index is 13.1. The molecule has 1 saturated carbocycles. The molecule has 5 unspecified atom stereocenters. The number of allylic oxidation sites excluding steroid dienone is 4. The van der Waals surface area contributed by atoms with Gasteiger partial charge in [-0.25, -0.2) is 13.7 Å². The molecule has 0 radical (unpaired) electrons. The molecule has 406 valence electrons. The highest BCUT2D eigenvalue weighted by Gasteiger charge is 2.56. The van der Waals surface area contributed by atoms with Gasteiger partial charge in [0.25, 0.3) is 0 Å². The first-order chi connectivity index (χ1) is 32.8. The first kappa shape index (κ1) is 65.6. The zero-order valence-electron chi connectivity index (χ0n) is 41.4. The quantitative estimate of drug-likeness (QED) is 0.0122. The van der Waals surface area contributed by atoms with Gasteiger partial charge in [0, 0.05) is 12.8 Å². The van der Waals surface area contributed by atoms with Crippen LogP contribution < -0.4 is 0 Å². The molecule has 0 saturated heterocycles. The van der Waals surface area contributed by atoms with Gasteiger partial charge in [-0.1, -0.05) is 173 Å². The third-order valence-corrected chi connectivity index (χ3v) is 13.8. The highest BCUT2D eigenvalue weighted by Crippen LogP contribution is 2.51. The van der Waals surface area contributed by atoms with Crippen molar-refractivity contribution in [2.45, 2.75) is 249 Å². The smallest absolute Gasteiger partial charge is 0.462 e. The van der Waals surface area contributed by atoms with Crippen molar-refractivity contribution in [1.82, 2.24) is 0 Å². The van der Waals surface area contributed by atoms with E-state index in [1.807, 2.05) is 0 Å². The number of unbranched alkanes of at least 4 members (excludes halogenated alkanes) is 24. The van der Waals surface area contributed by atoms with Gasteiger partial charge in [0.2, 0.25) is 0 Å². The molecule has 0 heterocycles. The van der Waals surface area contributed by atoms with Crippen molar-refractivity contribution in [2.75, 3.05) is 13.2 Å². The number of aliphatic hydroxyl groups is 3. The Balaban J connectivity index is 2.69. The fraction of sp³-hybridized carbons (Fsp3) is 0.872. The van der Waals surface area contributed by atoms with Crippen LogP contribution in [0.25, 0.3) is 0 Å². The summed E-state index contributed by atoms with van der Waals surface area (Å²) in [5.74, 6) is -1.30. The Labute approximate surface area is 411 Å². The second kappa shape index (κ2) is 39.1. The van der Waals surface area contributed by atoms with Crippen LogP contribution in [0.15, 0.2) is 24.3 Å². The summed E-state index contributed by atoms with van der Waals surface area (Å²) in [6.45, 7) is 2.94. The molecule has 19 nitrogen and oxygen atoms in total.